The maximum atomic E-state index is 12.2. The Balaban J connectivity index is 1.65. The van der Waals surface area contributed by atoms with Crippen LogP contribution in [0.1, 0.15) is 10.4 Å². The summed E-state index contributed by atoms with van der Waals surface area (Å²) >= 11 is 1.51. The highest BCUT2D eigenvalue weighted by Crippen LogP contribution is 2.26. The summed E-state index contributed by atoms with van der Waals surface area (Å²) in [5, 5.41) is 11.6. The van der Waals surface area contributed by atoms with E-state index in [-0.39, 0.29) is 5.91 Å². The molecule has 0 bridgehead atoms. The minimum Gasteiger partial charge on any atom is -0.497 e. The Morgan fingerprint density at radius 3 is 2.42 bits per heavy atom. The van der Waals surface area contributed by atoms with Gasteiger partial charge in [-0.1, -0.05) is 0 Å². The van der Waals surface area contributed by atoms with Gasteiger partial charge in [0.15, 0.2) is 5.16 Å². The molecule has 2 aromatic carbocycles. The largest absolute Gasteiger partial charge is 0.497 e. The highest BCUT2D eigenvalue weighted by Gasteiger charge is 2.07. The summed E-state index contributed by atoms with van der Waals surface area (Å²) in [6.07, 6.45) is 1.66. The Bertz CT molecular complexity index is 829. The molecular formula is C17H16N4O2S. The number of nitrogens with zero attached hydrogens (tertiary/aromatic N) is 3. The standard InChI is InChI=1S/C17H16N4O2S/c1-21-11-18-20-17(21)24-15-9-5-13(6-10-15)19-16(22)12-3-7-14(23-2)8-4-12/h3-11H,1-2H3,(H,19,22). The second-order valence-corrected chi connectivity index (χ2v) is 6.07. The molecule has 3 rings (SSSR count). The minimum absolute atomic E-state index is 0.161. The number of rotatable bonds is 5. The Hall–Kier alpha value is -2.80. The van der Waals surface area contributed by atoms with E-state index in [2.05, 4.69) is 15.5 Å². The van der Waals surface area contributed by atoms with Crippen LogP contribution in [0, 0.1) is 0 Å². The van der Waals surface area contributed by atoms with Crippen LogP contribution < -0.4 is 10.1 Å². The van der Waals surface area contributed by atoms with Crippen LogP contribution in [0.4, 0.5) is 5.69 Å². The molecule has 0 aliphatic carbocycles. The number of amides is 1. The topological polar surface area (TPSA) is 69.0 Å². The molecule has 0 atom stereocenters. The van der Waals surface area contributed by atoms with E-state index < -0.39 is 0 Å². The smallest absolute Gasteiger partial charge is 0.255 e. The lowest BCUT2D eigenvalue weighted by Gasteiger charge is -2.07. The van der Waals surface area contributed by atoms with E-state index >= 15 is 0 Å². The summed E-state index contributed by atoms with van der Waals surface area (Å²) in [5.41, 5.74) is 1.31. The van der Waals surface area contributed by atoms with E-state index in [1.54, 1.807) is 37.7 Å². The second-order valence-electron chi connectivity index (χ2n) is 5.03. The van der Waals surface area contributed by atoms with Crippen molar-refractivity contribution >= 4 is 23.4 Å². The van der Waals surface area contributed by atoms with Crippen molar-refractivity contribution in [2.75, 3.05) is 12.4 Å². The fourth-order valence-corrected chi connectivity index (χ4v) is 2.78. The number of hydrogen-bond acceptors (Lipinski definition) is 5. The first-order valence-corrected chi connectivity index (χ1v) is 8.04. The number of ether oxygens (including phenoxy) is 1. The summed E-state index contributed by atoms with van der Waals surface area (Å²) in [5.74, 6) is 0.558. The zero-order valence-electron chi connectivity index (χ0n) is 13.3. The quantitative estimate of drug-likeness (QED) is 0.772. The molecule has 0 radical (unpaired) electrons. The van der Waals surface area contributed by atoms with E-state index in [1.807, 2.05) is 35.9 Å². The first-order valence-electron chi connectivity index (χ1n) is 7.23. The summed E-state index contributed by atoms with van der Waals surface area (Å²) in [7, 11) is 3.49. The van der Waals surface area contributed by atoms with Crippen LogP contribution in [0.2, 0.25) is 0 Å². The SMILES string of the molecule is COc1ccc(C(=O)Nc2ccc(Sc3nncn3C)cc2)cc1. The van der Waals surface area contributed by atoms with Crippen molar-refractivity contribution in [2.45, 2.75) is 10.1 Å². The number of aromatic nitrogens is 3. The number of anilines is 1. The van der Waals surface area contributed by atoms with Crippen LogP contribution in [0.5, 0.6) is 5.75 Å². The summed E-state index contributed by atoms with van der Waals surface area (Å²) in [6.45, 7) is 0. The van der Waals surface area contributed by atoms with Gasteiger partial charge in [-0.05, 0) is 60.3 Å². The molecule has 1 aromatic heterocycles. The molecule has 6 nitrogen and oxygen atoms in total. The predicted molar refractivity (Wildman–Crippen MR) is 92.5 cm³/mol. The number of methoxy groups -OCH3 is 1. The van der Waals surface area contributed by atoms with E-state index in [0.29, 0.717) is 5.56 Å². The number of benzene rings is 2. The molecule has 3 aromatic rings. The molecule has 1 heterocycles. The van der Waals surface area contributed by atoms with Gasteiger partial charge in [-0.25, -0.2) is 0 Å². The van der Waals surface area contributed by atoms with Crippen LogP contribution in [0.25, 0.3) is 0 Å². The van der Waals surface area contributed by atoms with Crippen LogP contribution in [0.15, 0.2) is 64.9 Å². The highest BCUT2D eigenvalue weighted by atomic mass is 32.2. The second kappa shape index (κ2) is 7.18. The van der Waals surface area contributed by atoms with E-state index in [1.165, 1.54) is 11.8 Å². The van der Waals surface area contributed by atoms with Gasteiger partial charge in [-0.2, -0.15) is 0 Å². The Morgan fingerprint density at radius 2 is 1.83 bits per heavy atom. The third kappa shape index (κ3) is 3.75. The van der Waals surface area contributed by atoms with Crippen LogP contribution in [0.3, 0.4) is 0 Å². The van der Waals surface area contributed by atoms with Crippen molar-refractivity contribution in [2.24, 2.45) is 7.05 Å². The van der Waals surface area contributed by atoms with E-state index in [9.17, 15) is 4.79 Å². The van der Waals surface area contributed by atoms with Crippen LogP contribution >= 0.6 is 11.8 Å². The van der Waals surface area contributed by atoms with Gasteiger partial charge in [0.2, 0.25) is 0 Å². The van der Waals surface area contributed by atoms with Crippen molar-refractivity contribution in [3.63, 3.8) is 0 Å². The van der Waals surface area contributed by atoms with Gasteiger partial charge in [0.05, 0.1) is 7.11 Å². The van der Waals surface area contributed by atoms with Gasteiger partial charge < -0.3 is 14.6 Å². The maximum Gasteiger partial charge on any atom is 0.255 e. The molecule has 0 fully saturated rings. The van der Waals surface area contributed by atoms with Crippen LogP contribution in [-0.2, 0) is 7.05 Å². The molecule has 0 spiro atoms. The highest BCUT2D eigenvalue weighted by molar-refractivity contribution is 7.99. The molecule has 0 saturated heterocycles. The normalized spacial score (nSPS) is 10.4. The summed E-state index contributed by atoms with van der Waals surface area (Å²) in [6, 6.07) is 14.6. The number of aryl methyl sites for hydroxylation is 1. The Morgan fingerprint density at radius 1 is 1.12 bits per heavy atom. The molecule has 0 aliphatic rings. The first-order chi connectivity index (χ1) is 11.7. The summed E-state index contributed by atoms with van der Waals surface area (Å²) in [4.78, 5) is 13.2. The average Bonchev–Trinajstić information content (AvgIpc) is 3.01. The van der Waals surface area contributed by atoms with E-state index in [0.717, 1.165) is 21.5 Å². The van der Waals surface area contributed by atoms with Gasteiger partial charge in [-0.15, -0.1) is 10.2 Å². The van der Waals surface area contributed by atoms with Gasteiger partial charge >= 0.3 is 0 Å². The van der Waals surface area contributed by atoms with Crippen LogP contribution in [-0.4, -0.2) is 27.8 Å². The lowest BCUT2D eigenvalue weighted by molar-refractivity contribution is 0.102. The number of hydrogen-bond donors (Lipinski definition) is 1. The Kier molecular flexibility index (Phi) is 4.81. The first kappa shape index (κ1) is 16.1. The Labute approximate surface area is 143 Å². The molecule has 0 unspecified atom stereocenters. The molecule has 1 N–H and O–H groups in total. The average molecular weight is 340 g/mol. The number of carbonyl (C=O) groups excluding carboxylic acids is 1. The lowest BCUT2D eigenvalue weighted by atomic mass is 10.2. The fraction of sp³-hybridized carbons (Fsp3) is 0.118. The van der Waals surface area contributed by atoms with Crippen molar-refractivity contribution in [1.82, 2.24) is 14.8 Å². The third-order valence-corrected chi connectivity index (χ3v) is 4.40. The predicted octanol–water partition coefficient (Wildman–Crippen LogP) is 3.23. The van der Waals surface area contributed by atoms with Gasteiger partial charge in [-0.3, -0.25) is 4.79 Å². The number of carbonyl (C=O) groups is 1. The lowest BCUT2D eigenvalue weighted by Crippen LogP contribution is -2.11. The van der Waals surface area contributed by atoms with Gasteiger partial charge in [0, 0.05) is 23.2 Å². The number of nitrogens with one attached hydrogen (secondary N) is 1. The molecular weight excluding hydrogens is 324 g/mol. The molecule has 0 saturated carbocycles. The maximum absolute atomic E-state index is 12.2. The monoisotopic (exact) mass is 340 g/mol. The molecule has 122 valence electrons. The van der Waals surface area contributed by atoms with Crippen molar-refractivity contribution in [3.8, 4) is 5.75 Å². The molecule has 24 heavy (non-hydrogen) atoms. The van der Waals surface area contributed by atoms with Crippen molar-refractivity contribution in [3.05, 3.63) is 60.4 Å². The minimum atomic E-state index is -0.161. The zero-order chi connectivity index (χ0) is 16.9. The third-order valence-electron chi connectivity index (χ3n) is 3.34. The molecule has 1 amide bonds. The van der Waals surface area contributed by atoms with E-state index in [4.69, 9.17) is 4.74 Å². The van der Waals surface area contributed by atoms with Crippen molar-refractivity contribution in [1.29, 1.82) is 0 Å². The zero-order valence-corrected chi connectivity index (χ0v) is 14.1. The molecule has 0 aliphatic heterocycles. The van der Waals surface area contributed by atoms with Crippen molar-refractivity contribution < 1.29 is 9.53 Å². The molecule has 7 heteroatoms. The summed E-state index contributed by atoms with van der Waals surface area (Å²) < 4.78 is 6.94. The van der Waals surface area contributed by atoms with Gasteiger partial charge in [0.1, 0.15) is 12.1 Å². The van der Waals surface area contributed by atoms with Gasteiger partial charge in [0.25, 0.3) is 5.91 Å². The fourth-order valence-electron chi connectivity index (χ4n) is 2.02.